The van der Waals surface area contributed by atoms with Crippen LogP contribution in [-0.2, 0) is 0 Å². The fourth-order valence-electron chi connectivity index (χ4n) is 1.74. The van der Waals surface area contributed by atoms with Crippen molar-refractivity contribution in [3.05, 3.63) is 23.8 Å². The first kappa shape index (κ1) is 14.4. The van der Waals surface area contributed by atoms with Crippen molar-refractivity contribution in [1.82, 2.24) is 5.32 Å². The first-order valence-electron chi connectivity index (χ1n) is 6.32. The fraction of sp³-hybridized carbons (Fsp3) is 0.500. The molecule has 1 amide bonds. The van der Waals surface area contributed by atoms with Crippen LogP contribution in [0.4, 0.5) is 5.69 Å². The van der Waals surface area contributed by atoms with E-state index in [1.54, 1.807) is 25.3 Å². The predicted molar refractivity (Wildman–Crippen MR) is 73.9 cm³/mol. The van der Waals surface area contributed by atoms with E-state index in [0.29, 0.717) is 17.0 Å². The molecule has 0 fully saturated rings. The van der Waals surface area contributed by atoms with Crippen molar-refractivity contribution in [2.75, 3.05) is 12.8 Å². The van der Waals surface area contributed by atoms with E-state index in [1.807, 2.05) is 6.92 Å². The van der Waals surface area contributed by atoms with Crippen LogP contribution in [0.2, 0.25) is 0 Å². The Morgan fingerprint density at radius 3 is 2.83 bits per heavy atom. The SMILES string of the molecule is CCCCC(C)NC(=O)c1cc(OC)ccc1N. The Labute approximate surface area is 109 Å². The van der Waals surface area contributed by atoms with Crippen LogP contribution in [-0.4, -0.2) is 19.1 Å². The van der Waals surface area contributed by atoms with Crippen LogP contribution in [0.25, 0.3) is 0 Å². The van der Waals surface area contributed by atoms with E-state index >= 15 is 0 Å². The molecule has 100 valence electrons. The molecule has 0 aliphatic carbocycles. The van der Waals surface area contributed by atoms with Crippen LogP contribution in [0.3, 0.4) is 0 Å². The Kier molecular flexibility index (Phi) is 5.49. The molecule has 0 radical (unpaired) electrons. The van der Waals surface area contributed by atoms with Crippen LogP contribution < -0.4 is 15.8 Å². The second-order valence-electron chi connectivity index (χ2n) is 4.47. The second kappa shape index (κ2) is 6.89. The van der Waals surface area contributed by atoms with Gasteiger partial charge in [0.1, 0.15) is 5.75 Å². The van der Waals surface area contributed by atoms with Gasteiger partial charge in [0.2, 0.25) is 0 Å². The van der Waals surface area contributed by atoms with Crippen molar-refractivity contribution in [1.29, 1.82) is 0 Å². The molecule has 4 nitrogen and oxygen atoms in total. The molecule has 1 atom stereocenters. The zero-order valence-electron chi connectivity index (χ0n) is 11.3. The quantitative estimate of drug-likeness (QED) is 0.763. The zero-order valence-corrected chi connectivity index (χ0v) is 11.3. The van der Waals surface area contributed by atoms with Crippen molar-refractivity contribution in [3.8, 4) is 5.75 Å². The van der Waals surface area contributed by atoms with Gasteiger partial charge < -0.3 is 15.8 Å². The van der Waals surface area contributed by atoms with Crippen LogP contribution in [0.5, 0.6) is 5.75 Å². The number of amides is 1. The standard InChI is InChI=1S/C14H22N2O2/c1-4-5-6-10(2)16-14(17)12-9-11(18-3)7-8-13(12)15/h7-10H,4-6,15H2,1-3H3,(H,16,17). The maximum absolute atomic E-state index is 12.1. The highest BCUT2D eigenvalue weighted by Gasteiger charge is 2.13. The van der Waals surface area contributed by atoms with Crippen molar-refractivity contribution >= 4 is 11.6 Å². The largest absolute Gasteiger partial charge is 0.497 e. The summed E-state index contributed by atoms with van der Waals surface area (Å²) in [6, 6.07) is 5.25. The molecule has 3 N–H and O–H groups in total. The number of methoxy groups -OCH3 is 1. The third kappa shape index (κ3) is 3.95. The number of nitrogens with one attached hydrogen (secondary N) is 1. The summed E-state index contributed by atoms with van der Waals surface area (Å²) in [7, 11) is 1.57. The van der Waals surface area contributed by atoms with Gasteiger partial charge in [-0.15, -0.1) is 0 Å². The van der Waals surface area contributed by atoms with E-state index in [2.05, 4.69) is 12.2 Å². The van der Waals surface area contributed by atoms with E-state index in [9.17, 15) is 4.79 Å². The number of unbranched alkanes of at least 4 members (excludes halogenated alkanes) is 1. The Hall–Kier alpha value is -1.71. The van der Waals surface area contributed by atoms with Gasteiger partial charge >= 0.3 is 0 Å². The summed E-state index contributed by atoms with van der Waals surface area (Å²) < 4.78 is 5.09. The molecule has 1 rings (SSSR count). The van der Waals surface area contributed by atoms with E-state index in [4.69, 9.17) is 10.5 Å². The van der Waals surface area contributed by atoms with Crippen LogP contribution in [0.15, 0.2) is 18.2 Å². The van der Waals surface area contributed by atoms with Crippen molar-refractivity contribution < 1.29 is 9.53 Å². The maximum atomic E-state index is 12.1. The minimum atomic E-state index is -0.144. The smallest absolute Gasteiger partial charge is 0.253 e. The molecule has 18 heavy (non-hydrogen) atoms. The molecule has 0 heterocycles. The molecule has 1 aromatic rings. The van der Waals surface area contributed by atoms with E-state index in [1.165, 1.54) is 0 Å². The fourth-order valence-corrected chi connectivity index (χ4v) is 1.74. The van der Waals surface area contributed by atoms with Crippen molar-refractivity contribution in [3.63, 3.8) is 0 Å². The number of rotatable bonds is 6. The Balaban J connectivity index is 2.71. The molecule has 1 unspecified atom stereocenters. The van der Waals surface area contributed by atoms with Gasteiger partial charge in [0.25, 0.3) is 5.91 Å². The molecule has 0 aromatic heterocycles. The van der Waals surface area contributed by atoms with Crippen LogP contribution in [0, 0.1) is 0 Å². The van der Waals surface area contributed by atoms with Gasteiger partial charge in [-0.25, -0.2) is 0 Å². The summed E-state index contributed by atoms with van der Waals surface area (Å²) in [6.45, 7) is 4.14. The lowest BCUT2D eigenvalue weighted by molar-refractivity contribution is 0.0938. The highest BCUT2D eigenvalue weighted by atomic mass is 16.5. The van der Waals surface area contributed by atoms with Gasteiger partial charge in [0.05, 0.1) is 12.7 Å². The highest BCUT2D eigenvalue weighted by molar-refractivity contribution is 5.99. The number of nitrogen functional groups attached to an aromatic ring is 1. The van der Waals surface area contributed by atoms with Gasteiger partial charge in [-0.05, 0) is 31.5 Å². The Bertz CT molecular complexity index is 405. The third-order valence-electron chi connectivity index (χ3n) is 2.87. The van der Waals surface area contributed by atoms with Gasteiger partial charge in [0, 0.05) is 11.7 Å². The minimum absolute atomic E-state index is 0.144. The Morgan fingerprint density at radius 2 is 2.22 bits per heavy atom. The number of hydrogen-bond acceptors (Lipinski definition) is 3. The normalized spacial score (nSPS) is 11.9. The molecule has 0 aliphatic rings. The van der Waals surface area contributed by atoms with Crippen LogP contribution in [0.1, 0.15) is 43.5 Å². The topological polar surface area (TPSA) is 64.3 Å². The minimum Gasteiger partial charge on any atom is -0.497 e. The number of hydrogen-bond donors (Lipinski definition) is 2. The molecule has 0 saturated heterocycles. The summed E-state index contributed by atoms with van der Waals surface area (Å²) in [5.41, 5.74) is 6.74. The average Bonchev–Trinajstić information content (AvgIpc) is 2.36. The van der Waals surface area contributed by atoms with Gasteiger partial charge in [-0.2, -0.15) is 0 Å². The summed E-state index contributed by atoms with van der Waals surface area (Å²) in [5.74, 6) is 0.491. The zero-order chi connectivity index (χ0) is 13.5. The number of ether oxygens (including phenoxy) is 1. The third-order valence-corrected chi connectivity index (χ3v) is 2.87. The summed E-state index contributed by atoms with van der Waals surface area (Å²) in [6.07, 6.45) is 3.21. The van der Waals surface area contributed by atoms with Gasteiger partial charge in [-0.1, -0.05) is 19.8 Å². The molecular formula is C14H22N2O2. The maximum Gasteiger partial charge on any atom is 0.253 e. The van der Waals surface area contributed by atoms with Crippen molar-refractivity contribution in [2.24, 2.45) is 0 Å². The number of anilines is 1. The monoisotopic (exact) mass is 250 g/mol. The predicted octanol–water partition coefficient (Wildman–Crippen LogP) is 2.59. The molecule has 0 spiro atoms. The van der Waals surface area contributed by atoms with Gasteiger partial charge in [-0.3, -0.25) is 4.79 Å². The summed E-state index contributed by atoms with van der Waals surface area (Å²) in [5, 5.41) is 2.95. The van der Waals surface area contributed by atoms with E-state index in [0.717, 1.165) is 19.3 Å². The van der Waals surface area contributed by atoms with E-state index < -0.39 is 0 Å². The average molecular weight is 250 g/mol. The summed E-state index contributed by atoms with van der Waals surface area (Å²) in [4.78, 5) is 12.1. The first-order valence-corrected chi connectivity index (χ1v) is 6.32. The lowest BCUT2D eigenvalue weighted by atomic mass is 10.1. The number of benzene rings is 1. The molecule has 0 saturated carbocycles. The molecule has 0 bridgehead atoms. The van der Waals surface area contributed by atoms with Crippen LogP contribution >= 0.6 is 0 Å². The van der Waals surface area contributed by atoms with Gasteiger partial charge in [0.15, 0.2) is 0 Å². The lowest BCUT2D eigenvalue weighted by Crippen LogP contribution is -2.32. The molecule has 0 aliphatic heterocycles. The number of nitrogens with two attached hydrogens (primary N) is 1. The van der Waals surface area contributed by atoms with E-state index in [-0.39, 0.29) is 11.9 Å². The molecular weight excluding hydrogens is 228 g/mol. The molecule has 1 aromatic carbocycles. The number of carbonyl (C=O) groups excluding carboxylic acids is 1. The number of carbonyl (C=O) groups is 1. The second-order valence-corrected chi connectivity index (χ2v) is 4.47. The van der Waals surface area contributed by atoms with Crippen molar-refractivity contribution in [2.45, 2.75) is 39.2 Å². The first-order chi connectivity index (χ1) is 8.58. The Morgan fingerprint density at radius 1 is 1.50 bits per heavy atom. The highest BCUT2D eigenvalue weighted by Crippen LogP contribution is 2.19. The summed E-state index contributed by atoms with van der Waals surface area (Å²) >= 11 is 0. The molecule has 4 heteroatoms. The lowest BCUT2D eigenvalue weighted by Gasteiger charge is -2.14.